The van der Waals surface area contributed by atoms with E-state index in [1.165, 1.54) is 31.2 Å². The number of hydrogen-bond donors (Lipinski definition) is 1. The zero-order valence-electron chi connectivity index (χ0n) is 13.0. The van der Waals surface area contributed by atoms with Crippen molar-refractivity contribution in [2.45, 2.75) is 38.6 Å². The number of rotatable bonds is 6. The largest absolute Gasteiger partial charge is 0.314 e. The SMILES string of the molecule is CCCCC[C@@H](c1ccc(Br)c(Br)c1)N1CCNCC1.Cl.Cl. The molecule has 0 amide bonds. The summed E-state index contributed by atoms with van der Waals surface area (Å²) in [6.07, 6.45) is 5.21. The second-order valence-electron chi connectivity index (χ2n) is 5.47. The molecule has 0 unspecified atom stereocenters. The zero-order chi connectivity index (χ0) is 14.4. The summed E-state index contributed by atoms with van der Waals surface area (Å²) in [5.41, 5.74) is 1.44. The van der Waals surface area contributed by atoms with E-state index in [1.54, 1.807) is 0 Å². The van der Waals surface area contributed by atoms with E-state index < -0.39 is 0 Å². The van der Waals surface area contributed by atoms with Crippen LogP contribution in [0.4, 0.5) is 0 Å². The predicted molar refractivity (Wildman–Crippen MR) is 108 cm³/mol. The summed E-state index contributed by atoms with van der Waals surface area (Å²) in [5.74, 6) is 0. The Hall–Kier alpha value is 0.680. The van der Waals surface area contributed by atoms with E-state index in [0.717, 1.165) is 35.1 Å². The van der Waals surface area contributed by atoms with E-state index >= 15 is 0 Å². The number of nitrogens with one attached hydrogen (secondary N) is 1. The van der Waals surface area contributed by atoms with Gasteiger partial charge in [-0.2, -0.15) is 0 Å². The summed E-state index contributed by atoms with van der Waals surface area (Å²) in [4.78, 5) is 2.64. The molecule has 1 aromatic rings. The molecule has 2 nitrogen and oxygen atoms in total. The molecule has 1 heterocycles. The molecule has 0 aromatic heterocycles. The Balaban J connectivity index is 0.00000220. The van der Waals surface area contributed by atoms with E-state index in [-0.39, 0.29) is 24.8 Å². The van der Waals surface area contributed by atoms with Gasteiger partial charge in [0.2, 0.25) is 0 Å². The maximum absolute atomic E-state index is 3.64. The number of halogens is 4. The molecular weight excluding hydrogens is 451 g/mol. The van der Waals surface area contributed by atoms with Crippen molar-refractivity contribution in [3.63, 3.8) is 0 Å². The Morgan fingerprint density at radius 2 is 1.77 bits per heavy atom. The minimum Gasteiger partial charge on any atom is -0.314 e. The Kier molecular flexibility index (Phi) is 12.5. The molecule has 1 N–H and O–H groups in total. The smallest absolute Gasteiger partial charge is 0.0349 e. The van der Waals surface area contributed by atoms with Crippen molar-refractivity contribution in [1.29, 1.82) is 0 Å². The van der Waals surface area contributed by atoms with E-state index in [0.29, 0.717) is 6.04 Å². The van der Waals surface area contributed by atoms with Gasteiger partial charge in [0, 0.05) is 41.2 Å². The van der Waals surface area contributed by atoms with Gasteiger partial charge in [-0.3, -0.25) is 4.90 Å². The van der Waals surface area contributed by atoms with Crippen molar-refractivity contribution in [2.75, 3.05) is 26.2 Å². The number of hydrogen-bond acceptors (Lipinski definition) is 2. The van der Waals surface area contributed by atoms with Crippen LogP contribution in [-0.4, -0.2) is 31.1 Å². The molecule has 2 rings (SSSR count). The molecule has 0 radical (unpaired) electrons. The third-order valence-electron chi connectivity index (χ3n) is 4.00. The maximum Gasteiger partial charge on any atom is 0.0349 e. The van der Waals surface area contributed by atoms with Gasteiger partial charge in [0.1, 0.15) is 0 Å². The summed E-state index contributed by atoms with van der Waals surface area (Å²) in [5, 5.41) is 3.45. The van der Waals surface area contributed by atoms with Gasteiger partial charge in [0.25, 0.3) is 0 Å². The molecule has 1 fully saturated rings. The lowest BCUT2D eigenvalue weighted by Crippen LogP contribution is -2.45. The number of benzene rings is 1. The van der Waals surface area contributed by atoms with Crippen molar-refractivity contribution in [1.82, 2.24) is 10.2 Å². The lowest BCUT2D eigenvalue weighted by atomic mass is 9.98. The zero-order valence-corrected chi connectivity index (χ0v) is 17.8. The molecule has 0 bridgehead atoms. The Bertz CT molecular complexity index is 427. The van der Waals surface area contributed by atoms with Gasteiger partial charge in [-0.25, -0.2) is 0 Å². The fourth-order valence-corrected chi connectivity index (χ4v) is 3.50. The lowest BCUT2D eigenvalue weighted by Gasteiger charge is -2.35. The van der Waals surface area contributed by atoms with Gasteiger partial charge in [0.05, 0.1) is 0 Å². The van der Waals surface area contributed by atoms with E-state index in [9.17, 15) is 0 Å². The highest BCUT2D eigenvalue weighted by Crippen LogP contribution is 2.32. The molecule has 1 aromatic carbocycles. The van der Waals surface area contributed by atoms with Crippen LogP contribution in [0.1, 0.15) is 44.2 Å². The van der Waals surface area contributed by atoms with Crippen LogP contribution in [0.2, 0.25) is 0 Å². The number of nitrogens with zero attached hydrogens (tertiary/aromatic N) is 1. The van der Waals surface area contributed by atoms with Gasteiger partial charge in [-0.15, -0.1) is 24.8 Å². The third kappa shape index (κ3) is 6.66. The molecule has 1 aliphatic rings. The van der Waals surface area contributed by atoms with E-state index in [4.69, 9.17) is 0 Å². The normalized spacial score (nSPS) is 16.5. The van der Waals surface area contributed by atoms with Crippen LogP contribution >= 0.6 is 56.7 Å². The van der Waals surface area contributed by atoms with E-state index in [1.807, 2.05) is 0 Å². The first-order chi connectivity index (χ1) is 9.72. The second kappa shape index (κ2) is 12.1. The summed E-state index contributed by atoms with van der Waals surface area (Å²) in [6, 6.07) is 7.28. The molecule has 128 valence electrons. The van der Waals surface area contributed by atoms with Crippen LogP contribution in [0.25, 0.3) is 0 Å². The predicted octanol–water partition coefficient (Wildman–Crippen LogP) is 5.58. The van der Waals surface area contributed by atoms with Crippen molar-refractivity contribution in [3.8, 4) is 0 Å². The molecule has 1 atom stereocenters. The van der Waals surface area contributed by atoms with Gasteiger partial charge in [-0.05, 0) is 56.0 Å². The van der Waals surface area contributed by atoms with Crippen LogP contribution < -0.4 is 5.32 Å². The molecule has 1 aliphatic heterocycles. The molecule has 1 saturated heterocycles. The summed E-state index contributed by atoms with van der Waals surface area (Å²) >= 11 is 7.21. The summed E-state index contributed by atoms with van der Waals surface area (Å²) < 4.78 is 2.29. The molecule has 0 spiro atoms. The molecular formula is C16H26Br2Cl2N2. The quantitative estimate of drug-likeness (QED) is 0.539. The molecule has 0 aliphatic carbocycles. The average Bonchev–Trinajstić information content (AvgIpc) is 2.48. The monoisotopic (exact) mass is 474 g/mol. The first-order valence-corrected chi connectivity index (χ1v) is 9.20. The number of piperazine rings is 1. The molecule has 22 heavy (non-hydrogen) atoms. The summed E-state index contributed by atoms with van der Waals surface area (Å²) in [7, 11) is 0. The Morgan fingerprint density at radius 3 is 2.36 bits per heavy atom. The Morgan fingerprint density at radius 1 is 1.09 bits per heavy atom. The van der Waals surface area contributed by atoms with Crippen LogP contribution in [0.5, 0.6) is 0 Å². The average molecular weight is 477 g/mol. The van der Waals surface area contributed by atoms with Crippen LogP contribution in [0, 0.1) is 0 Å². The fourth-order valence-electron chi connectivity index (χ4n) is 2.86. The minimum absolute atomic E-state index is 0. The highest BCUT2D eigenvalue weighted by atomic mass is 79.9. The lowest BCUT2D eigenvalue weighted by molar-refractivity contribution is 0.162. The highest BCUT2D eigenvalue weighted by Gasteiger charge is 2.22. The van der Waals surface area contributed by atoms with Crippen molar-refractivity contribution < 1.29 is 0 Å². The third-order valence-corrected chi connectivity index (χ3v) is 5.88. The molecule has 0 saturated carbocycles. The maximum atomic E-state index is 3.64. The van der Waals surface area contributed by atoms with Gasteiger partial charge < -0.3 is 5.32 Å². The first kappa shape index (κ1) is 22.7. The number of unbranched alkanes of at least 4 members (excludes halogenated alkanes) is 2. The topological polar surface area (TPSA) is 15.3 Å². The van der Waals surface area contributed by atoms with Crippen molar-refractivity contribution >= 4 is 56.7 Å². The van der Waals surface area contributed by atoms with Gasteiger partial charge in [-0.1, -0.05) is 32.3 Å². The van der Waals surface area contributed by atoms with E-state index in [2.05, 4.69) is 67.2 Å². The van der Waals surface area contributed by atoms with Crippen LogP contribution in [0.15, 0.2) is 27.1 Å². The minimum atomic E-state index is 0. The first-order valence-electron chi connectivity index (χ1n) is 7.62. The van der Waals surface area contributed by atoms with Crippen molar-refractivity contribution in [3.05, 3.63) is 32.7 Å². The molecule has 6 heteroatoms. The second-order valence-corrected chi connectivity index (χ2v) is 7.18. The van der Waals surface area contributed by atoms with Gasteiger partial charge in [0.15, 0.2) is 0 Å². The van der Waals surface area contributed by atoms with Crippen LogP contribution in [0.3, 0.4) is 0 Å². The van der Waals surface area contributed by atoms with Gasteiger partial charge >= 0.3 is 0 Å². The van der Waals surface area contributed by atoms with Crippen LogP contribution in [-0.2, 0) is 0 Å². The summed E-state index contributed by atoms with van der Waals surface area (Å²) in [6.45, 7) is 6.81. The highest BCUT2D eigenvalue weighted by molar-refractivity contribution is 9.13. The fraction of sp³-hybridized carbons (Fsp3) is 0.625. The standard InChI is InChI=1S/C16H24Br2N2.2ClH/c1-2-3-4-5-16(20-10-8-19-9-11-20)13-6-7-14(17)15(18)12-13;;/h6-7,12,16,19H,2-5,8-11H2,1H3;2*1H/t16-;;/m0../s1. The Labute approximate surface area is 163 Å². The van der Waals surface area contributed by atoms with Crippen molar-refractivity contribution in [2.24, 2.45) is 0 Å².